The van der Waals surface area contributed by atoms with Gasteiger partial charge >= 0.3 is 5.97 Å². The van der Waals surface area contributed by atoms with Crippen LogP contribution in [0.3, 0.4) is 0 Å². The maximum atomic E-state index is 13.2. The molecule has 1 unspecified atom stereocenters. The molecule has 0 radical (unpaired) electrons. The average Bonchev–Trinajstić information content (AvgIpc) is 2.99. The molecule has 214 valence electrons. The minimum atomic E-state index is -3.79. The van der Waals surface area contributed by atoms with Crippen molar-refractivity contribution in [3.8, 4) is 0 Å². The van der Waals surface area contributed by atoms with E-state index in [2.05, 4.69) is 5.32 Å². The molecule has 0 bridgehead atoms. The van der Waals surface area contributed by atoms with Crippen LogP contribution in [0.1, 0.15) is 46.5 Å². The number of carbonyl (C=O) groups is 1. The summed E-state index contributed by atoms with van der Waals surface area (Å²) in [5.74, 6) is -0.556. The molecule has 2 N–H and O–H groups in total. The summed E-state index contributed by atoms with van der Waals surface area (Å²) in [6, 6.07) is 29.8. The Morgan fingerprint density at radius 3 is 2.32 bits per heavy atom. The summed E-state index contributed by atoms with van der Waals surface area (Å²) < 4.78 is 31.3. The van der Waals surface area contributed by atoms with Gasteiger partial charge in [0.25, 0.3) is 0 Å². The van der Waals surface area contributed by atoms with Crippen LogP contribution in [0.4, 0.5) is 0 Å². The number of carbonyl (C=O) groups excluding carboxylic acids is 1. The molecule has 2 atom stereocenters. The van der Waals surface area contributed by atoms with Crippen molar-refractivity contribution in [2.75, 3.05) is 13.2 Å². The number of aryl methyl sites for hydroxylation is 1. The molecule has 4 aromatic rings. The van der Waals surface area contributed by atoms with Crippen LogP contribution in [-0.4, -0.2) is 38.7 Å². The van der Waals surface area contributed by atoms with Crippen LogP contribution in [0.15, 0.2) is 113 Å². The minimum absolute atomic E-state index is 0.0442. The number of aliphatic hydroxyl groups excluding tert-OH is 1. The molecular formula is C33H34ClNO5S. The highest BCUT2D eigenvalue weighted by atomic mass is 35.5. The molecule has 4 rings (SSSR count). The predicted molar refractivity (Wildman–Crippen MR) is 161 cm³/mol. The normalized spacial score (nSPS) is 13.0. The second-order valence-electron chi connectivity index (χ2n) is 9.75. The predicted octanol–water partition coefficient (Wildman–Crippen LogP) is 6.22. The molecule has 0 amide bonds. The van der Waals surface area contributed by atoms with Crippen LogP contribution in [0.25, 0.3) is 0 Å². The zero-order valence-corrected chi connectivity index (χ0v) is 24.4. The van der Waals surface area contributed by atoms with Crippen molar-refractivity contribution < 1.29 is 23.1 Å². The van der Waals surface area contributed by atoms with Crippen molar-refractivity contribution in [2.45, 2.75) is 48.1 Å². The number of halogens is 1. The lowest BCUT2D eigenvalue weighted by atomic mass is 9.96. The van der Waals surface area contributed by atoms with Crippen molar-refractivity contribution >= 4 is 27.4 Å². The summed E-state index contributed by atoms with van der Waals surface area (Å²) in [5, 5.41) is 15.2. The lowest BCUT2D eigenvalue weighted by molar-refractivity contribution is 0.0526. The number of esters is 1. The van der Waals surface area contributed by atoms with Crippen LogP contribution in [0.5, 0.6) is 0 Å². The fraction of sp³-hybridized carbons (Fsp3) is 0.242. The summed E-state index contributed by atoms with van der Waals surface area (Å²) in [5.41, 5.74) is 3.08. The van der Waals surface area contributed by atoms with E-state index in [1.165, 1.54) is 24.3 Å². The SMILES string of the molecule is CCOC(=O)c1cccc(S(=O)(=O)c2ccc(CCCNC(Cc3ccccc3)[C@H](O)c3cccc(Cl)c3)cc2)c1. The first-order valence-electron chi connectivity index (χ1n) is 13.6. The summed E-state index contributed by atoms with van der Waals surface area (Å²) in [7, 11) is -3.79. The maximum absolute atomic E-state index is 13.2. The van der Waals surface area contributed by atoms with E-state index in [0.29, 0.717) is 18.0 Å². The Morgan fingerprint density at radius 1 is 0.878 bits per heavy atom. The smallest absolute Gasteiger partial charge is 0.338 e. The number of hydrogen-bond acceptors (Lipinski definition) is 6. The Hall–Kier alpha value is -3.49. The van der Waals surface area contributed by atoms with Gasteiger partial charge in [-0.1, -0.05) is 72.3 Å². The molecule has 0 spiro atoms. The highest BCUT2D eigenvalue weighted by Crippen LogP contribution is 2.24. The van der Waals surface area contributed by atoms with Crippen molar-refractivity contribution in [1.29, 1.82) is 0 Å². The van der Waals surface area contributed by atoms with Crippen LogP contribution in [0, 0.1) is 0 Å². The Bertz CT molecular complexity index is 1540. The van der Waals surface area contributed by atoms with Crippen molar-refractivity contribution in [3.05, 3.63) is 130 Å². The second kappa shape index (κ2) is 14.4. The number of hydrogen-bond donors (Lipinski definition) is 2. The molecule has 6 nitrogen and oxygen atoms in total. The van der Waals surface area contributed by atoms with E-state index in [1.54, 1.807) is 31.2 Å². The molecular weight excluding hydrogens is 558 g/mol. The van der Waals surface area contributed by atoms with Gasteiger partial charge in [-0.25, -0.2) is 13.2 Å². The molecule has 0 aliphatic rings. The highest BCUT2D eigenvalue weighted by Gasteiger charge is 2.22. The molecule has 0 aromatic heterocycles. The number of sulfone groups is 1. The van der Waals surface area contributed by atoms with Crippen molar-refractivity contribution in [3.63, 3.8) is 0 Å². The van der Waals surface area contributed by atoms with Gasteiger partial charge < -0.3 is 15.2 Å². The van der Waals surface area contributed by atoms with Gasteiger partial charge in [0.2, 0.25) is 9.84 Å². The molecule has 0 aliphatic carbocycles. The highest BCUT2D eigenvalue weighted by molar-refractivity contribution is 7.91. The first-order valence-corrected chi connectivity index (χ1v) is 15.5. The van der Waals surface area contributed by atoms with Crippen LogP contribution >= 0.6 is 11.6 Å². The Balaban J connectivity index is 1.38. The van der Waals surface area contributed by atoms with Gasteiger partial charge in [-0.3, -0.25) is 0 Å². The molecule has 0 aliphatic heterocycles. The van der Waals surface area contributed by atoms with E-state index in [0.717, 1.165) is 29.5 Å². The standard InChI is InChI=1S/C33H34ClNO5S/c1-2-40-33(37)27-13-7-15-30(23-27)41(38,39)29-18-16-24(17-19-29)11-8-20-35-31(21-25-9-4-3-5-10-25)32(36)26-12-6-14-28(34)22-26/h3-7,9-10,12-19,22-23,31-32,35-36H,2,8,11,20-21H2,1H3/t31?,32-/m1/s1. The average molecular weight is 592 g/mol. The Morgan fingerprint density at radius 2 is 1.61 bits per heavy atom. The monoisotopic (exact) mass is 591 g/mol. The number of nitrogens with one attached hydrogen (secondary N) is 1. The quantitative estimate of drug-likeness (QED) is 0.142. The fourth-order valence-electron chi connectivity index (χ4n) is 4.64. The molecule has 0 fully saturated rings. The number of aliphatic hydroxyl groups is 1. The lowest BCUT2D eigenvalue weighted by Crippen LogP contribution is -2.37. The third-order valence-corrected chi connectivity index (χ3v) is 8.81. The van der Waals surface area contributed by atoms with Gasteiger partial charge in [0.15, 0.2) is 0 Å². The van der Waals surface area contributed by atoms with E-state index in [-0.39, 0.29) is 28.0 Å². The second-order valence-corrected chi connectivity index (χ2v) is 12.1. The van der Waals surface area contributed by atoms with E-state index in [4.69, 9.17) is 16.3 Å². The maximum Gasteiger partial charge on any atom is 0.338 e. The van der Waals surface area contributed by atoms with Gasteiger partial charge in [-0.15, -0.1) is 0 Å². The number of ether oxygens (including phenoxy) is 1. The van der Waals surface area contributed by atoms with Crippen molar-refractivity contribution in [2.24, 2.45) is 0 Å². The van der Waals surface area contributed by atoms with Gasteiger partial charge in [0.05, 0.1) is 28.1 Å². The van der Waals surface area contributed by atoms with Gasteiger partial charge in [-0.2, -0.15) is 0 Å². The Kier molecular flexibility index (Phi) is 10.7. The number of rotatable bonds is 13. The Labute approximate surface area is 246 Å². The van der Waals surface area contributed by atoms with Gasteiger partial charge in [0.1, 0.15) is 0 Å². The van der Waals surface area contributed by atoms with Gasteiger partial charge in [0, 0.05) is 11.1 Å². The zero-order chi connectivity index (χ0) is 29.2. The first-order chi connectivity index (χ1) is 19.8. The third-order valence-electron chi connectivity index (χ3n) is 6.81. The van der Waals surface area contributed by atoms with Gasteiger partial charge in [-0.05, 0) is 91.9 Å². The van der Waals surface area contributed by atoms with Crippen LogP contribution in [-0.2, 0) is 27.4 Å². The summed E-state index contributed by atoms with van der Waals surface area (Å²) in [6.45, 7) is 2.57. The molecule has 8 heteroatoms. The van der Waals surface area contributed by atoms with E-state index < -0.39 is 21.9 Å². The summed E-state index contributed by atoms with van der Waals surface area (Å²) in [6.07, 6.45) is 1.44. The van der Waals surface area contributed by atoms with Crippen molar-refractivity contribution in [1.82, 2.24) is 5.32 Å². The van der Waals surface area contributed by atoms with Crippen LogP contribution in [0.2, 0.25) is 5.02 Å². The topological polar surface area (TPSA) is 92.7 Å². The van der Waals surface area contributed by atoms with Crippen LogP contribution < -0.4 is 5.32 Å². The molecule has 4 aromatic carbocycles. The van der Waals surface area contributed by atoms with E-state index in [9.17, 15) is 18.3 Å². The first kappa shape index (κ1) is 30.5. The molecule has 41 heavy (non-hydrogen) atoms. The third kappa shape index (κ3) is 8.27. The zero-order valence-electron chi connectivity index (χ0n) is 22.9. The molecule has 0 heterocycles. The van der Waals surface area contributed by atoms with E-state index in [1.807, 2.05) is 54.6 Å². The number of benzene rings is 4. The molecule has 0 saturated carbocycles. The van der Waals surface area contributed by atoms with E-state index >= 15 is 0 Å². The lowest BCUT2D eigenvalue weighted by Gasteiger charge is -2.25. The summed E-state index contributed by atoms with van der Waals surface area (Å²) >= 11 is 6.17. The minimum Gasteiger partial charge on any atom is -0.462 e. The molecule has 0 saturated heterocycles. The fourth-order valence-corrected chi connectivity index (χ4v) is 6.15. The summed E-state index contributed by atoms with van der Waals surface area (Å²) in [4.78, 5) is 12.2. The largest absolute Gasteiger partial charge is 0.462 e.